The van der Waals surface area contributed by atoms with Crippen LogP contribution in [0.15, 0.2) is 24.3 Å². The van der Waals surface area contributed by atoms with E-state index in [0.29, 0.717) is 6.42 Å². The van der Waals surface area contributed by atoms with Crippen LogP contribution >= 0.6 is 0 Å². The average Bonchev–Trinajstić information content (AvgIpc) is 2.71. The second-order valence-corrected chi connectivity index (χ2v) is 8.76. The highest BCUT2D eigenvalue weighted by molar-refractivity contribution is 5.91. The van der Waals surface area contributed by atoms with E-state index in [9.17, 15) is 19.5 Å². The number of ketones is 3. The molecule has 0 aliphatic carbocycles. The van der Waals surface area contributed by atoms with E-state index < -0.39 is 5.92 Å². The molecular formula is C26H40O4. The van der Waals surface area contributed by atoms with E-state index in [1.807, 2.05) is 6.92 Å². The van der Waals surface area contributed by atoms with E-state index in [1.54, 1.807) is 31.2 Å². The van der Waals surface area contributed by atoms with Crippen molar-refractivity contribution >= 4 is 17.3 Å². The van der Waals surface area contributed by atoms with Crippen molar-refractivity contribution in [2.75, 3.05) is 0 Å². The van der Waals surface area contributed by atoms with Gasteiger partial charge in [0.05, 0.1) is 0 Å². The van der Waals surface area contributed by atoms with E-state index in [2.05, 4.69) is 13.8 Å². The molecular weight excluding hydrogens is 376 g/mol. The Labute approximate surface area is 182 Å². The Balaban J connectivity index is 2.89. The molecule has 0 amide bonds. The topological polar surface area (TPSA) is 71.4 Å². The third-order valence-electron chi connectivity index (χ3n) is 6.04. The third kappa shape index (κ3) is 9.69. The van der Waals surface area contributed by atoms with E-state index in [1.165, 1.54) is 0 Å². The molecule has 0 spiro atoms. The molecule has 0 radical (unpaired) electrons. The molecule has 0 heterocycles. The number of benzene rings is 1. The number of aromatic hydroxyl groups is 1. The number of phenolic OH excluding ortho intramolecular Hbond substituents is 1. The number of carbonyl (C=O) groups is 3. The number of Topliss-reactive ketones (excluding diaryl/α,β-unsaturated/α-hetero) is 3. The van der Waals surface area contributed by atoms with E-state index in [4.69, 9.17) is 0 Å². The molecule has 3 atom stereocenters. The van der Waals surface area contributed by atoms with Crippen LogP contribution in [0.25, 0.3) is 0 Å². The van der Waals surface area contributed by atoms with Crippen LogP contribution in [0, 0.1) is 17.8 Å². The Morgan fingerprint density at radius 3 is 2.00 bits per heavy atom. The summed E-state index contributed by atoms with van der Waals surface area (Å²) in [6.45, 7) is 7.73. The Kier molecular flexibility index (Phi) is 12.3. The van der Waals surface area contributed by atoms with E-state index in [-0.39, 0.29) is 47.8 Å². The summed E-state index contributed by atoms with van der Waals surface area (Å²) in [5, 5.41) is 9.52. The van der Waals surface area contributed by atoms with Crippen molar-refractivity contribution in [1.82, 2.24) is 0 Å². The molecule has 1 aromatic rings. The molecule has 168 valence electrons. The lowest BCUT2D eigenvalue weighted by atomic mass is 9.82. The van der Waals surface area contributed by atoms with Gasteiger partial charge in [0.15, 0.2) is 0 Å². The Hall–Kier alpha value is -1.97. The normalized spacial score (nSPS) is 14.1. The third-order valence-corrected chi connectivity index (χ3v) is 6.04. The molecule has 0 bridgehead atoms. The van der Waals surface area contributed by atoms with Crippen molar-refractivity contribution in [3.8, 4) is 5.75 Å². The number of unbranched alkanes of at least 4 members (excludes halogenated alkanes) is 3. The van der Waals surface area contributed by atoms with Crippen LogP contribution < -0.4 is 0 Å². The summed E-state index contributed by atoms with van der Waals surface area (Å²) < 4.78 is 0. The van der Waals surface area contributed by atoms with Gasteiger partial charge in [0.25, 0.3) is 0 Å². The SMILES string of the molecule is CCCCC[C@H](C)C(=O)C[C@@H](Cc1ccc(O)cc1)C(=O)CC(CCCC)C(C)=O. The first kappa shape index (κ1) is 26.1. The van der Waals surface area contributed by atoms with Crippen molar-refractivity contribution in [1.29, 1.82) is 0 Å². The maximum absolute atomic E-state index is 13.2. The zero-order valence-electron chi connectivity index (χ0n) is 19.3. The fourth-order valence-electron chi connectivity index (χ4n) is 3.83. The van der Waals surface area contributed by atoms with Gasteiger partial charge >= 0.3 is 0 Å². The predicted octanol–water partition coefficient (Wildman–Crippen LogP) is 6.08. The molecule has 1 rings (SSSR count). The van der Waals surface area contributed by atoms with Crippen LogP contribution in [-0.2, 0) is 20.8 Å². The maximum Gasteiger partial charge on any atom is 0.137 e. The van der Waals surface area contributed by atoms with Gasteiger partial charge in [0.1, 0.15) is 23.1 Å². The van der Waals surface area contributed by atoms with E-state index in [0.717, 1.165) is 50.5 Å². The molecule has 1 aromatic carbocycles. The van der Waals surface area contributed by atoms with Crippen LogP contribution in [0.3, 0.4) is 0 Å². The lowest BCUT2D eigenvalue weighted by Crippen LogP contribution is -2.27. The highest BCUT2D eigenvalue weighted by Crippen LogP contribution is 2.24. The second kappa shape index (κ2) is 14.1. The average molecular weight is 417 g/mol. The molecule has 0 aromatic heterocycles. The maximum atomic E-state index is 13.2. The van der Waals surface area contributed by atoms with Crippen LogP contribution in [0.1, 0.15) is 91.0 Å². The monoisotopic (exact) mass is 416 g/mol. The van der Waals surface area contributed by atoms with Crippen molar-refractivity contribution in [3.05, 3.63) is 29.8 Å². The molecule has 0 saturated heterocycles. The van der Waals surface area contributed by atoms with E-state index >= 15 is 0 Å². The summed E-state index contributed by atoms with van der Waals surface area (Å²) in [5.41, 5.74) is 0.922. The molecule has 4 nitrogen and oxygen atoms in total. The molecule has 0 aliphatic heterocycles. The van der Waals surface area contributed by atoms with Gasteiger partial charge in [-0.2, -0.15) is 0 Å². The zero-order valence-corrected chi connectivity index (χ0v) is 19.3. The standard InChI is InChI=1S/C26H40O4/c1-5-7-9-10-19(3)25(29)18-23(16-21-12-14-24(28)15-13-21)26(30)17-22(20(4)27)11-8-6-2/h12-15,19,22-23,28H,5-11,16-18H2,1-4H3/t19-,22?,23+/m0/s1. The van der Waals surface area contributed by atoms with Gasteiger partial charge in [-0.25, -0.2) is 0 Å². The lowest BCUT2D eigenvalue weighted by molar-refractivity contribution is -0.132. The Bertz CT molecular complexity index is 662. The van der Waals surface area contributed by atoms with Crippen molar-refractivity contribution in [2.24, 2.45) is 17.8 Å². The van der Waals surface area contributed by atoms with Crippen LogP contribution in [-0.4, -0.2) is 22.5 Å². The first-order valence-corrected chi connectivity index (χ1v) is 11.6. The first-order valence-electron chi connectivity index (χ1n) is 11.6. The molecule has 1 unspecified atom stereocenters. The Morgan fingerprint density at radius 2 is 1.43 bits per heavy atom. The smallest absolute Gasteiger partial charge is 0.137 e. The number of rotatable bonds is 16. The minimum atomic E-state index is -0.417. The highest BCUT2D eigenvalue weighted by atomic mass is 16.3. The van der Waals surface area contributed by atoms with Gasteiger partial charge < -0.3 is 5.11 Å². The largest absolute Gasteiger partial charge is 0.508 e. The van der Waals surface area contributed by atoms with Gasteiger partial charge in [0.2, 0.25) is 0 Å². The highest BCUT2D eigenvalue weighted by Gasteiger charge is 2.28. The van der Waals surface area contributed by atoms with Crippen molar-refractivity contribution in [2.45, 2.75) is 91.9 Å². The van der Waals surface area contributed by atoms with Gasteiger partial charge in [-0.1, -0.05) is 65.0 Å². The number of hydrogen-bond acceptors (Lipinski definition) is 4. The molecule has 1 N–H and O–H groups in total. The second-order valence-electron chi connectivity index (χ2n) is 8.76. The minimum absolute atomic E-state index is 0.00786. The fourth-order valence-corrected chi connectivity index (χ4v) is 3.83. The summed E-state index contributed by atoms with van der Waals surface area (Å²) in [6, 6.07) is 6.80. The number of hydrogen-bond donors (Lipinski definition) is 1. The summed E-state index contributed by atoms with van der Waals surface area (Å²) >= 11 is 0. The minimum Gasteiger partial charge on any atom is -0.508 e. The molecule has 30 heavy (non-hydrogen) atoms. The quantitative estimate of drug-likeness (QED) is 0.331. The number of carbonyl (C=O) groups excluding carboxylic acids is 3. The summed E-state index contributed by atoms with van der Waals surface area (Å²) in [4.78, 5) is 38.0. The van der Waals surface area contributed by atoms with Crippen molar-refractivity contribution < 1.29 is 19.5 Å². The van der Waals surface area contributed by atoms with Crippen molar-refractivity contribution in [3.63, 3.8) is 0 Å². The van der Waals surface area contributed by atoms with Gasteiger partial charge in [0, 0.05) is 30.6 Å². The number of phenols is 1. The van der Waals surface area contributed by atoms with Crippen LogP contribution in [0.4, 0.5) is 0 Å². The Morgan fingerprint density at radius 1 is 0.833 bits per heavy atom. The molecule has 0 aliphatic rings. The first-order chi connectivity index (χ1) is 14.3. The summed E-state index contributed by atoms with van der Waals surface area (Å²) in [6.07, 6.45) is 7.67. The lowest BCUT2D eigenvalue weighted by Gasteiger charge is -2.20. The van der Waals surface area contributed by atoms with Crippen LogP contribution in [0.5, 0.6) is 5.75 Å². The summed E-state index contributed by atoms with van der Waals surface area (Å²) in [7, 11) is 0. The van der Waals surface area contributed by atoms with Gasteiger partial charge in [-0.05, 0) is 43.9 Å². The predicted molar refractivity (Wildman–Crippen MR) is 122 cm³/mol. The van der Waals surface area contributed by atoms with Gasteiger partial charge in [-0.3, -0.25) is 14.4 Å². The van der Waals surface area contributed by atoms with Crippen LogP contribution in [0.2, 0.25) is 0 Å². The molecule has 4 heteroatoms. The summed E-state index contributed by atoms with van der Waals surface area (Å²) in [5.74, 6) is -0.339. The fraction of sp³-hybridized carbons (Fsp3) is 0.654. The van der Waals surface area contributed by atoms with Gasteiger partial charge in [-0.15, -0.1) is 0 Å². The molecule has 0 fully saturated rings. The zero-order chi connectivity index (χ0) is 22.5. The molecule has 0 saturated carbocycles.